The molecule has 0 saturated heterocycles. The number of anilines is 2. The Bertz CT molecular complexity index is 870. The van der Waals surface area contributed by atoms with Crippen molar-refractivity contribution in [1.29, 1.82) is 0 Å². The number of hydrogen-bond donors (Lipinski definition) is 1. The maximum Gasteiger partial charge on any atom is 0.248 e. The summed E-state index contributed by atoms with van der Waals surface area (Å²) in [7, 11) is -2.19. The first-order valence-corrected chi connectivity index (χ1v) is 10.1. The molecule has 0 radical (unpaired) electrons. The van der Waals surface area contributed by atoms with Crippen LogP contribution in [-0.4, -0.2) is 33.7 Å². The standard InChI is InChI=1S/C17H19BrN2O4S/c1-12(17(21)19-16-10-5-4-9-15(16)18)20(25(3,22)23)13-7-6-8-14(11-13)24-2/h4-12H,1-3H3,(H,19,21)/t12-/m1/s1. The van der Waals surface area contributed by atoms with Crippen LogP contribution in [0.25, 0.3) is 0 Å². The smallest absolute Gasteiger partial charge is 0.248 e. The Morgan fingerprint density at radius 2 is 1.88 bits per heavy atom. The highest BCUT2D eigenvalue weighted by Gasteiger charge is 2.29. The molecule has 2 aromatic carbocycles. The first-order valence-electron chi connectivity index (χ1n) is 7.43. The number of halogens is 1. The number of para-hydroxylation sites is 1. The maximum absolute atomic E-state index is 12.6. The lowest BCUT2D eigenvalue weighted by molar-refractivity contribution is -0.116. The Labute approximate surface area is 156 Å². The van der Waals surface area contributed by atoms with Crippen molar-refractivity contribution in [2.75, 3.05) is 23.0 Å². The molecule has 134 valence electrons. The molecule has 0 spiro atoms. The van der Waals surface area contributed by atoms with Gasteiger partial charge in [0, 0.05) is 10.5 Å². The molecule has 0 heterocycles. The van der Waals surface area contributed by atoms with E-state index in [9.17, 15) is 13.2 Å². The third kappa shape index (κ3) is 4.73. The van der Waals surface area contributed by atoms with Crippen LogP contribution in [0.1, 0.15) is 6.92 Å². The number of ether oxygens (including phenoxy) is 1. The van der Waals surface area contributed by atoms with Gasteiger partial charge >= 0.3 is 0 Å². The number of methoxy groups -OCH3 is 1. The molecule has 8 heteroatoms. The van der Waals surface area contributed by atoms with E-state index in [2.05, 4.69) is 21.2 Å². The number of amides is 1. The summed E-state index contributed by atoms with van der Waals surface area (Å²) in [5.41, 5.74) is 0.926. The summed E-state index contributed by atoms with van der Waals surface area (Å²) in [5.74, 6) is 0.0599. The van der Waals surface area contributed by atoms with E-state index < -0.39 is 22.0 Å². The molecular formula is C17H19BrN2O4S. The Hall–Kier alpha value is -2.06. The molecule has 2 rings (SSSR count). The zero-order valence-electron chi connectivity index (χ0n) is 14.1. The Morgan fingerprint density at radius 1 is 1.20 bits per heavy atom. The van der Waals surface area contributed by atoms with Crippen LogP contribution in [0.4, 0.5) is 11.4 Å². The summed E-state index contributed by atoms with van der Waals surface area (Å²) in [5, 5.41) is 2.74. The third-order valence-electron chi connectivity index (χ3n) is 3.53. The molecule has 0 aliphatic rings. The van der Waals surface area contributed by atoms with Crippen molar-refractivity contribution in [2.45, 2.75) is 13.0 Å². The molecule has 0 saturated carbocycles. The van der Waals surface area contributed by atoms with Gasteiger partial charge in [0.25, 0.3) is 0 Å². The molecule has 0 bridgehead atoms. The van der Waals surface area contributed by atoms with Crippen LogP contribution < -0.4 is 14.4 Å². The summed E-state index contributed by atoms with van der Waals surface area (Å²) in [6.45, 7) is 1.53. The SMILES string of the molecule is COc1cccc(N([C@H](C)C(=O)Nc2ccccc2Br)S(C)(=O)=O)c1. The number of benzene rings is 2. The average Bonchev–Trinajstić information content (AvgIpc) is 2.56. The van der Waals surface area contributed by atoms with Crippen molar-refractivity contribution in [1.82, 2.24) is 0 Å². The number of carbonyl (C=O) groups is 1. The number of nitrogens with one attached hydrogen (secondary N) is 1. The van der Waals surface area contributed by atoms with Gasteiger partial charge in [0.1, 0.15) is 11.8 Å². The monoisotopic (exact) mass is 426 g/mol. The molecule has 0 aliphatic carbocycles. The Kier molecular flexibility index (Phi) is 6.07. The number of carbonyl (C=O) groups excluding carboxylic acids is 1. The van der Waals surface area contributed by atoms with Gasteiger partial charge in [0.15, 0.2) is 0 Å². The van der Waals surface area contributed by atoms with Crippen molar-refractivity contribution in [3.8, 4) is 5.75 Å². The van der Waals surface area contributed by atoms with Gasteiger partial charge in [-0.3, -0.25) is 9.10 Å². The lowest BCUT2D eigenvalue weighted by Gasteiger charge is -2.28. The van der Waals surface area contributed by atoms with Crippen molar-refractivity contribution in [3.63, 3.8) is 0 Å². The van der Waals surface area contributed by atoms with Gasteiger partial charge in [-0.1, -0.05) is 18.2 Å². The van der Waals surface area contributed by atoms with Crippen molar-refractivity contribution in [2.24, 2.45) is 0 Å². The van der Waals surface area contributed by atoms with E-state index in [0.29, 0.717) is 21.6 Å². The maximum atomic E-state index is 12.6. The minimum atomic E-state index is -3.68. The van der Waals surface area contributed by atoms with E-state index in [1.807, 2.05) is 6.07 Å². The number of rotatable bonds is 6. The second-order valence-electron chi connectivity index (χ2n) is 5.41. The molecule has 25 heavy (non-hydrogen) atoms. The van der Waals surface area contributed by atoms with Gasteiger partial charge in [-0.05, 0) is 47.1 Å². The van der Waals surface area contributed by atoms with Crippen LogP contribution in [0, 0.1) is 0 Å². The van der Waals surface area contributed by atoms with E-state index in [1.165, 1.54) is 14.0 Å². The Morgan fingerprint density at radius 3 is 2.48 bits per heavy atom. The topological polar surface area (TPSA) is 75.7 Å². The van der Waals surface area contributed by atoms with Gasteiger partial charge < -0.3 is 10.1 Å². The zero-order chi connectivity index (χ0) is 18.6. The zero-order valence-corrected chi connectivity index (χ0v) is 16.5. The summed E-state index contributed by atoms with van der Waals surface area (Å²) >= 11 is 3.35. The molecule has 0 unspecified atom stereocenters. The molecule has 1 amide bonds. The van der Waals surface area contributed by atoms with Crippen LogP contribution in [-0.2, 0) is 14.8 Å². The fourth-order valence-corrected chi connectivity index (χ4v) is 3.91. The third-order valence-corrected chi connectivity index (χ3v) is 5.46. The van der Waals surface area contributed by atoms with Crippen LogP contribution in [0.15, 0.2) is 53.0 Å². The normalized spacial score (nSPS) is 12.3. The van der Waals surface area contributed by atoms with Crippen molar-refractivity contribution >= 4 is 43.2 Å². The molecule has 0 aliphatic heterocycles. The summed E-state index contributed by atoms with van der Waals surface area (Å²) in [4.78, 5) is 12.6. The van der Waals surface area contributed by atoms with Crippen LogP contribution in [0.2, 0.25) is 0 Å². The van der Waals surface area contributed by atoms with Gasteiger partial charge in [0.2, 0.25) is 15.9 Å². The minimum Gasteiger partial charge on any atom is -0.497 e. The lowest BCUT2D eigenvalue weighted by Crippen LogP contribution is -2.45. The molecule has 1 atom stereocenters. The van der Waals surface area contributed by atoms with E-state index >= 15 is 0 Å². The fourth-order valence-electron chi connectivity index (χ4n) is 2.36. The highest BCUT2D eigenvalue weighted by molar-refractivity contribution is 9.10. The molecule has 0 aromatic heterocycles. The predicted molar refractivity (Wildman–Crippen MR) is 103 cm³/mol. The Balaban J connectivity index is 2.34. The highest BCUT2D eigenvalue weighted by Crippen LogP contribution is 2.26. The highest BCUT2D eigenvalue weighted by atomic mass is 79.9. The average molecular weight is 427 g/mol. The molecule has 6 nitrogen and oxygen atoms in total. The summed E-state index contributed by atoms with van der Waals surface area (Å²) < 4.78 is 31.5. The van der Waals surface area contributed by atoms with E-state index in [-0.39, 0.29) is 0 Å². The fraction of sp³-hybridized carbons (Fsp3) is 0.235. The molecule has 0 fully saturated rings. The van der Waals surface area contributed by atoms with Crippen LogP contribution >= 0.6 is 15.9 Å². The lowest BCUT2D eigenvalue weighted by atomic mass is 10.2. The van der Waals surface area contributed by atoms with E-state index in [1.54, 1.807) is 42.5 Å². The number of sulfonamides is 1. The molecule has 1 N–H and O–H groups in total. The van der Waals surface area contributed by atoms with Crippen molar-refractivity contribution in [3.05, 3.63) is 53.0 Å². The first kappa shape index (κ1) is 19.3. The van der Waals surface area contributed by atoms with Gasteiger partial charge in [0.05, 0.1) is 24.7 Å². The van der Waals surface area contributed by atoms with E-state index in [0.717, 1.165) is 10.6 Å². The van der Waals surface area contributed by atoms with Gasteiger partial charge in [-0.2, -0.15) is 0 Å². The van der Waals surface area contributed by atoms with Crippen molar-refractivity contribution < 1.29 is 17.9 Å². The van der Waals surface area contributed by atoms with Crippen LogP contribution in [0.3, 0.4) is 0 Å². The summed E-state index contributed by atoms with van der Waals surface area (Å²) in [6.07, 6.45) is 1.06. The largest absolute Gasteiger partial charge is 0.497 e. The minimum absolute atomic E-state index is 0.358. The van der Waals surface area contributed by atoms with E-state index in [4.69, 9.17) is 4.74 Å². The van der Waals surface area contributed by atoms with Crippen LogP contribution in [0.5, 0.6) is 5.75 Å². The molecular weight excluding hydrogens is 408 g/mol. The van der Waals surface area contributed by atoms with Gasteiger partial charge in [-0.25, -0.2) is 8.42 Å². The number of nitrogens with zero attached hydrogens (tertiary/aromatic N) is 1. The first-order chi connectivity index (χ1) is 11.7. The predicted octanol–water partition coefficient (Wildman–Crippen LogP) is 3.25. The number of hydrogen-bond acceptors (Lipinski definition) is 4. The second-order valence-corrected chi connectivity index (χ2v) is 8.12. The second kappa shape index (κ2) is 7.88. The quantitative estimate of drug-likeness (QED) is 0.768. The summed E-state index contributed by atoms with van der Waals surface area (Å²) in [6, 6.07) is 12.7. The molecule has 2 aromatic rings. The van der Waals surface area contributed by atoms with Gasteiger partial charge in [-0.15, -0.1) is 0 Å².